The molecule has 15 heavy (non-hydrogen) atoms. The van der Waals surface area contributed by atoms with Gasteiger partial charge in [-0.3, -0.25) is 0 Å². The first-order chi connectivity index (χ1) is 7.33. The molecule has 2 nitrogen and oxygen atoms in total. The molecule has 0 saturated carbocycles. The van der Waals surface area contributed by atoms with Crippen LogP contribution >= 0.6 is 22.7 Å². The van der Waals surface area contributed by atoms with Crippen LogP contribution in [0.5, 0.6) is 0 Å². The molecule has 1 N–H and O–H groups in total. The number of nitrogens with one attached hydrogen (secondary N) is 1. The average molecular weight is 236 g/mol. The topological polar surface area (TPSA) is 24.9 Å². The normalized spacial score (nSPS) is 15.3. The van der Waals surface area contributed by atoms with Gasteiger partial charge in [0.25, 0.3) is 0 Å². The van der Waals surface area contributed by atoms with E-state index in [1.54, 1.807) is 0 Å². The summed E-state index contributed by atoms with van der Waals surface area (Å²) in [6, 6.07) is 4.34. The van der Waals surface area contributed by atoms with Crippen LogP contribution in [0.15, 0.2) is 12.1 Å². The maximum atomic E-state index is 4.72. The summed E-state index contributed by atoms with van der Waals surface area (Å²) in [4.78, 5) is 8.81. The Hall–Kier alpha value is -0.710. The molecule has 0 amide bonds. The number of rotatable bonds is 1. The Kier molecular flexibility index (Phi) is 2.35. The summed E-state index contributed by atoms with van der Waals surface area (Å²) in [7, 11) is 0. The van der Waals surface area contributed by atoms with Crippen LogP contribution in [0.4, 0.5) is 0 Å². The van der Waals surface area contributed by atoms with Crippen molar-refractivity contribution in [1.82, 2.24) is 10.3 Å². The smallest absolute Gasteiger partial charge is 0.133 e. The molecule has 3 heterocycles. The van der Waals surface area contributed by atoms with E-state index >= 15 is 0 Å². The minimum Gasteiger partial charge on any atom is -0.311 e. The molecule has 2 aromatic heterocycles. The van der Waals surface area contributed by atoms with Crippen molar-refractivity contribution in [2.24, 2.45) is 0 Å². The average Bonchev–Trinajstić information content (AvgIpc) is 2.82. The predicted molar refractivity (Wildman–Crippen MR) is 65.6 cm³/mol. The van der Waals surface area contributed by atoms with E-state index in [0.29, 0.717) is 0 Å². The van der Waals surface area contributed by atoms with Crippen molar-refractivity contribution in [1.29, 1.82) is 0 Å². The Labute approximate surface area is 97.0 Å². The largest absolute Gasteiger partial charge is 0.311 e. The van der Waals surface area contributed by atoms with Gasteiger partial charge in [0.1, 0.15) is 5.01 Å². The van der Waals surface area contributed by atoms with Crippen LogP contribution < -0.4 is 5.32 Å². The van der Waals surface area contributed by atoms with Gasteiger partial charge < -0.3 is 5.32 Å². The quantitative estimate of drug-likeness (QED) is 0.823. The molecule has 0 bridgehead atoms. The maximum absolute atomic E-state index is 4.72. The summed E-state index contributed by atoms with van der Waals surface area (Å²) >= 11 is 3.67. The number of thiazole rings is 1. The zero-order chi connectivity index (χ0) is 10.3. The summed E-state index contributed by atoms with van der Waals surface area (Å²) in [5.74, 6) is 0. The van der Waals surface area contributed by atoms with Gasteiger partial charge in [0.05, 0.1) is 10.6 Å². The first-order valence-corrected chi connectivity index (χ1v) is 6.72. The number of nitrogens with zero attached hydrogens (tertiary/aromatic N) is 1. The molecule has 0 atom stereocenters. The third-order valence-corrected chi connectivity index (χ3v) is 4.82. The van der Waals surface area contributed by atoms with Gasteiger partial charge in [-0.15, -0.1) is 22.7 Å². The van der Waals surface area contributed by atoms with Crippen molar-refractivity contribution in [3.63, 3.8) is 0 Å². The van der Waals surface area contributed by atoms with Gasteiger partial charge in [0.2, 0.25) is 0 Å². The minimum absolute atomic E-state index is 0.997. The fourth-order valence-electron chi connectivity index (χ4n) is 1.78. The van der Waals surface area contributed by atoms with E-state index < -0.39 is 0 Å². The highest BCUT2D eigenvalue weighted by Gasteiger charge is 2.16. The summed E-state index contributed by atoms with van der Waals surface area (Å²) in [6.45, 7) is 4.21. The van der Waals surface area contributed by atoms with Gasteiger partial charge in [-0.2, -0.15) is 0 Å². The van der Waals surface area contributed by atoms with Crippen LogP contribution in [0.2, 0.25) is 0 Å². The monoisotopic (exact) mass is 236 g/mol. The van der Waals surface area contributed by atoms with E-state index in [1.165, 1.54) is 25.3 Å². The van der Waals surface area contributed by atoms with Crippen LogP contribution in [-0.4, -0.2) is 11.5 Å². The van der Waals surface area contributed by atoms with Gasteiger partial charge in [-0.1, -0.05) is 0 Å². The Morgan fingerprint density at radius 3 is 3.00 bits per heavy atom. The van der Waals surface area contributed by atoms with E-state index in [1.807, 2.05) is 22.7 Å². The van der Waals surface area contributed by atoms with E-state index in [4.69, 9.17) is 4.98 Å². The molecule has 0 fully saturated rings. The Morgan fingerprint density at radius 1 is 1.33 bits per heavy atom. The number of thiophene rings is 1. The molecule has 1 aliphatic heterocycles. The number of aryl methyl sites for hydroxylation is 1. The van der Waals surface area contributed by atoms with E-state index in [2.05, 4.69) is 24.4 Å². The number of aromatic nitrogens is 1. The molecule has 0 radical (unpaired) electrons. The summed E-state index contributed by atoms with van der Waals surface area (Å²) in [5, 5.41) is 4.58. The molecule has 4 heteroatoms. The number of hydrogen-bond donors (Lipinski definition) is 1. The summed E-state index contributed by atoms with van der Waals surface area (Å²) < 4.78 is 0. The first kappa shape index (κ1) is 9.51. The Morgan fingerprint density at radius 2 is 2.27 bits per heavy atom. The lowest BCUT2D eigenvalue weighted by molar-refractivity contribution is 0.644. The SMILES string of the molecule is Cc1ccc(-c2nc3c(s2)CNCC3)s1. The minimum atomic E-state index is 0.997. The third kappa shape index (κ3) is 1.73. The van der Waals surface area contributed by atoms with Crippen molar-refractivity contribution in [3.8, 4) is 9.88 Å². The highest BCUT2D eigenvalue weighted by atomic mass is 32.1. The van der Waals surface area contributed by atoms with E-state index in [0.717, 1.165) is 19.5 Å². The standard InChI is InChI=1S/C11H12N2S2/c1-7-2-3-9(14-7)11-13-8-4-5-12-6-10(8)15-11/h2-3,12H,4-6H2,1H3. The second kappa shape index (κ2) is 3.70. The second-order valence-corrected chi connectivity index (χ2v) is 6.10. The molecule has 1 aliphatic rings. The number of hydrogen-bond acceptors (Lipinski definition) is 4. The third-order valence-electron chi connectivity index (χ3n) is 2.55. The summed E-state index contributed by atoms with van der Waals surface area (Å²) in [6.07, 6.45) is 1.08. The van der Waals surface area contributed by atoms with Crippen LogP contribution in [0.25, 0.3) is 9.88 Å². The molecule has 2 aromatic rings. The van der Waals surface area contributed by atoms with Gasteiger partial charge in [-0.25, -0.2) is 4.98 Å². The molecular formula is C11H12N2S2. The zero-order valence-corrected chi connectivity index (χ0v) is 10.2. The fourth-order valence-corrected chi connectivity index (χ4v) is 3.78. The molecule has 0 unspecified atom stereocenters. The second-order valence-electron chi connectivity index (χ2n) is 3.73. The van der Waals surface area contributed by atoms with Crippen LogP contribution in [-0.2, 0) is 13.0 Å². The van der Waals surface area contributed by atoms with Crippen molar-refractivity contribution >= 4 is 22.7 Å². The van der Waals surface area contributed by atoms with Crippen LogP contribution in [0, 0.1) is 6.92 Å². The highest BCUT2D eigenvalue weighted by Crippen LogP contribution is 2.33. The molecule has 0 spiro atoms. The van der Waals surface area contributed by atoms with E-state index in [-0.39, 0.29) is 0 Å². The van der Waals surface area contributed by atoms with Crippen molar-refractivity contribution < 1.29 is 0 Å². The molecular weight excluding hydrogens is 224 g/mol. The lowest BCUT2D eigenvalue weighted by Gasteiger charge is -2.09. The molecule has 0 saturated heterocycles. The molecule has 3 rings (SSSR count). The summed E-state index contributed by atoms with van der Waals surface area (Å²) in [5.41, 5.74) is 1.31. The van der Waals surface area contributed by atoms with Crippen LogP contribution in [0.1, 0.15) is 15.4 Å². The van der Waals surface area contributed by atoms with Crippen molar-refractivity contribution in [3.05, 3.63) is 27.6 Å². The van der Waals surface area contributed by atoms with Gasteiger partial charge >= 0.3 is 0 Å². The van der Waals surface area contributed by atoms with Gasteiger partial charge in [0, 0.05) is 29.3 Å². The predicted octanol–water partition coefficient (Wildman–Crippen LogP) is 2.83. The molecule has 78 valence electrons. The van der Waals surface area contributed by atoms with E-state index in [9.17, 15) is 0 Å². The zero-order valence-electron chi connectivity index (χ0n) is 8.54. The lowest BCUT2D eigenvalue weighted by Crippen LogP contribution is -2.22. The fraction of sp³-hybridized carbons (Fsp3) is 0.364. The van der Waals surface area contributed by atoms with Crippen LogP contribution in [0.3, 0.4) is 0 Å². The van der Waals surface area contributed by atoms with Gasteiger partial charge in [0.15, 0.2) is 0 Å². The maximum Gasteiger partial charge on any atom is 0.133 e. The number of fused-ring (bicyclic) bond motifs is 1. The molecule has 0 aliphatic carbocycles. The lowest BCUT2D eigenvalue weighted by atomic mass is 10.2. The Bertz CT molecular complexity index is 461. The first-order valence-electron chi connectivity index (χ1n) is 5.09. The van der Waals surface area contributed by atoms with Gasteiger partial charge in [-0.05, 0) is 19.1 Å². The highest BCUT2D eigenvalue weighted by molar-refractivity contribution is 7.21. The Balaban J connectivity index is 2.02. The molecule has 0 aromatic carbocycles. The van der Waals surface area contributed by atoms with Crippen molar-refractivity contribution in [2.45, 2.75) is 19.9 Å². The van der Waals surface area contributed by atoms with Crippen molar-refractivity contribution in [2.75, 3.05) is 6.54 Å².